The van der Waals surface area contributed by atoms with Crippen molar-refractivity contribution in [2.24, 2.45) is 0 Å². The number of halogens is 1. The molecule has 2 rings (SSSR count). The van der Waals surface area contributed by atoms with Crippen LogP contribution >= 0.6 is 35.6 Å². The SMILES string of the molecule is N#Cc1ccc(Cl)cc1NC(=O)COC(=O)CSC(=S)N1CCCC1. The molecule has 1 saturated heterocycles. The number of benzene rings is 1. The molecule has 1 N–H and O–H groups in total. The third-order valence-corrected chi connectivity index (χ3v) is 5.15. The maximum atomic E-state index is 11.9. The maximum Gasteiger partial charge on any atom is 0.316 e. The second-order valence-electron chi connectivity index (χ2n) is 5.26. The van der Waals surface area contributed by atoms with E-state index >= 15 is 0 Å². The Morgan fingerprint density at radius 3 is 2.80 bits per heavy atom. The van der Waals surface area contributed by atoms with Gasteiger partial charge in [-0.25, -0.2) is 0 Å². The fourth-order valence-electron chi connectivity index (χ4n) is 2.20. The number of hydrogen-bond donors (Lipinski definition) is 1. The topological polar surface area (TPSA) is 82.4 Å². The highest BCUT2D eigenvalue weighted by Gasteiger charge is 2.17. The third kappa shape index (κ3) is 6.20. The Morgan fingerprint density at radius 1 is 1.40 bits per heavy atom. The molecule has 0 saturated carbocycles. The second kappa shape index (κ2) is 9.61. The lowest BCUT2D eigenvalue weighted by atomic mass is 10.2. The summed E-state index contributed by atoms with van der Waals surface area (Å²) in [5, 5.41) is 11.9. The van der Waals surface area contributed by atoms with Crippen molar-refractivity contribution in [1.29, 1.82) is 5.26 Å². The summed E-state index contributed by atoms with van der Waals surface area (Å²) in [6.07, 6.45) is 2.22. The molecule has 6 nitrogen and oxygen atoms in total. The van der Waals surface area contributed by atoms with Gasteiger partial charge in [-0.15, -0.1) is 0 Å². The van der Waals surface area contributed by atoms with Gasteiger partial charge in [0.25, 0.3) is 5.91 Å². The largest absolute Gasteiger partial charge is 0.455 e. The van der Waals surface area contributed by atoms with Crippen LogP contribution in [-0.2, 0) is 14.3 Å². The van der Waals surface area contributed by atoms with Crippen LogP contribution in [0.4, 0.5) is 5.69 Å². The van der Waals surface area contributed by atoms with Crippen molar-refractivity contribution >= 4 is 57.5 Å². The monoisotopic (exact) mass is 397 g/mol. The van der Waals surface area contributed by atoms with Crippen LogP contribution in [0.5, 0.6) is 0 Å². The molecule has 0 atom stereocenters. The molecule has 0 radical (unpaired) electrons. The zero-order chi connectivity index (χ0) is 18.2. The summed E-state index contributed by atoms with van der Waals surface area (Å²) in [6, 6.07) is 6.46. The summed E-state index contributed by atoms with van der Waals surface area (Å²) >= 11 is 12.3. The number of esters is 1. The van der Waals surface area contributed by atoms with Crippen molar-refractivity contribution in [2.75, 3.05) is 30.8 Å². The predicted octanol–water partition coefficient (Wildman–Crippen LogP) is 2.81. The molecule has 0 aromatic heterocycles. The number of carbonyl (C=O) groups is 2. The van der Waals surface area contributed by atoms with Gasteiger partial charge < -0.3 is 15.0 Å². The van der Waals surface area contributed by atoms with Crippen LogP contribution in [0.3, 0.4) is 0 Å². The maximum absolute atomic E-state index is 11.9. The fraction of sp³-hybridized carbons (Fsp3) is 0.375. The van der Waals surface area contributed by atoms with Gasteiger partial charge in [0.2, 0.25) is 0 Å². The summed E-state index contributed by atoms with van der Waals surface area (Å²) in [4.78, 5) is 25.6. The fourth-order valence-corrected chi connectivity index (χ4v) is 3.42. The zero-order valence-corrected chi connectivity index (χ0v) is 15.7. The number of thioether (sulfide) groups is 1. The summed E-state index contributed by atoms with van der Waals surface area (Å²) < 4.78 is 5.60. The molecule has 0 unspecified atom stereocenters. The average molecular weight is 398 g/mol. The highest BCUT2D eigenvalue weighted by atomic mass is 35.5. The van der Waals surface area contributed by atoms with Crippen molar-refractivity contribution in [3.63, 3.8) is 0 Å². The summed E-state index contributed by atoms with van der Waals surface area (Å²) in [5.74, 6) is -1.00. The van der Waals surface area contributed by atoms with Gasteiger partial charge in [0.05, 0.1) is 17.0 Å². The van der Waals surface area contributed by atoms with E-state index in [0.717, 1.165) is 25.9 Å². The number of likely N-dealkylation sites (tertiary alicyclic amines) is 1. The number of amides is 1. The lowest BCUT2D eigenvalue weighted by molar-refractivity contribution is -0.144. The van der Waals surface area contributed by atoms with E-state index in [0.29, 0.717) is 9.34 Å². The lowest BCUT2D eigenvalue weighted by Crippen LogP contribution is -2.25. The number of thiocarbonyl (C=S) groups is 1. The molecule has 25 heavy (non-hydrogen) atoms. The van der Waals surface area contributed by atoms with Gasteiger partial charge >= 0.3 is 5.97 Å². The Balaban J connectivity index is 1.74. The van der Waals surface area contributed by atoms with Crippen LogP contribution < -0.4 is 5.32 Å². The van der Waals surface area contributed by atoms with E-state index in [2.05, 4.69) is 10.2 Å². The molecular weight excluding hydrogens is 382 g/mol. The van der Waals surface area contributed by atoms with Crippen LogP contribution in [0.25, 0.3) is 0 Å². The molecule has 1 aromatic carbocycles. The van der Waals surface area contributed by atoms with Crippen molar-refractivity contribution in [2.45, 2.75) is 12.8 Å². The van der Waals surface area contributed by atoms with Crippen molar-refractivity contribution in [1.82, 2.24) is 4.90 Å². The molecule has 0 aliphatic carbocycles. The van der Waals surface area contributed by atoms with Crippen LogP contribution in [0.1, 0.15) is 18.4 Å². The normalized spacial score (nSPS) is 13.2. The molecule has 1 aromatic rings. The zero-order valence-electron chi connectivity index (χ0n) is 13.3. The first kappa shape index (κ1) is 19.5. The van der Waals surface area contributed by atoms with Crippen LogP contribution in [0.15, 0.2) is 18.2 Å². The first-order chi connectivity index (χ1) is 12.0. The number of rotatable bonds is 5. The molecule has 1 aliphatic rings. The Kier molecular flexibility index (Phi) is 7.50. The Morgan fingerprint density at radius 2 is 2.12 bits per heavy atom. The van der Waals surface area contributed by atoms with Crippen LogP contribution in [-0.4, -0.2) is 46.5 Å². The van der Waals surface area contributed by atoms with Gasteiger partial charge in [0.15, 0.2) is 6.61 Å². The first-order valence-electron chi connectivity index (χ1n) is 7.56. The Hall–Kier alpha value is -1.82. The van der Waals surface area contributed by atoms with Crippen LogP contribution in [0, 0.1) is 11.3 Å². The van der Waals surface area contributed by atoms with Gasteiger partial charge in [-0.1, -0.05) is 35.6 Å². The van der Waals surface area contributed by atoms with Gasteiger partial charge in [0.1, 0.15) is 10.4 Å². The van der Waals surface area contributed by atoms with E-state index in [4.69, 9.17) is 33.8 Å². The summed E-state index contributed by atoms with van der Waals surface area (Å²) in [7, 11) is 0. The second-order valence-corrected chi connectivity index (χ2v) is 7.30. The number of anilines is 1. The quantitative estimate of drug-likeness (QED) is 0.604. The van der Waals surface area contributed by atoms with Crippen molar-refractivity contribution in [3.05, 3.63) is 28.8 Å². The third-order valence-electron chi connectivity index (χ3n) is 3.42. The minimum atomic E-state index is -0.542. The van der Waals surface area contributed by atoms with E-state index in [1.165, 1.54) is 23.9 Å². The standard InChI is InChI=1S/C16H16ClN3O3S2/c17-12-4-3-11(8-18)13(7-12)19-14(21)9-23-15(22)10-25-16(24)20-5-1-2-6-20/h3-4,7H,1-2,5-6,9-10H2,(H,19,21). The summed E-state index contributed by atoms with van der Waals surface area (Å²) in [6.45, 7) is 1.40. The first-order valence-corrected chi connectivity index (χ1v) is 9.33. The Bertz CT molecular complexity index is 715. The predicted molar refractivity (Wildman–Crippen MR) is 102 cm³/mol. The number of nitrogens with zero attached hydrogens (tertiary/aromatic N) is 2. The number of hydrogen-bond acceptors (Lipinski definition) is 6. The van der Waals surface area contributed by atoms with Gasteiger partial charge in [-0.3, -0.25) is 9.59 Å². The average Bonchev–Trinajstić information content (AvgIpc) is 3.13. The molecular formula is C16H16ClN3O3S2. The van der Waals surface area contributed by atoms with Gasteiger partial charge in [0, 0.05) is 18.1 Å². The molecule has 1 fully saturated rings. The number of ether oxygens (including phenoxy) is 1. The number of carbonyl (C=O) groups excluding carboxylic acids is 2. The van der Waals surface area contributed by atoms with Crippen molar-refractivity contribution < 1.29 is 14.3 Å². The highest BCUT2D eigenvalue weighted by molar-refractivity contribution is 8.23. The lowest BCUT2D eigenvalue weighted by Gasteiger charge is -2.17. The molecule has 0 spiro atoms. The Labute approximate surface area is 160 Å². The van der Waals surface area contributed by atoms with E-state index in [1.54, 1.807) is 6.07 Å². The number of nitriles is 1. The molecule has 1 heterocycles. The molecule has 1 aliphatic heterocycles. The minimum absolute atomic E-state index is 0.0588. The number of nitrogens with one attached hydrogen (secondary N) is 1. The summed E-state index contributed by atoms with van der Waals surface area (Å²) in [5.41, 5.74) is 0.552. The molecule has 1 amide bonds. The highest BCUT2D eigenvalue weighted by Crippen LogP contribution is 2.20. The van der Waals surface area contributed by atoms with Crippen LogP contribution in [0.2, 0.25) is 5.02 Å². The molecule has 132 valence electrons. The van der Waals surface area contributed by atoms with Gasteiger partial charge in [-0.2, -0.15) is 5.26 Å². The molecule has 9 heteroatoms. The van der Waals surface area contributed by atoms with E-state index in [9.17, 15) is 9.59 Å². The van der Waals surface area contributed by atoms with Gasteiger partial charge in [-0.05, 0) is 31.0 Å². The smallest absolute Gasteiger partial charge is 0.316 e. The van der Waals surface area contributed by atoms with E-state index in [-0.39, 0.29) is 17.0 Å². The van der Waals surface area contributed by atoms with E-state index in [1.807, 2.05) is 6.07 Å². The molecule has 0 bridgehead atoms. The van der Waals surface area contributed by atoms with Crippen molar-refractivity contribution in [3.8, 4) is 6.07 Å². The minimum Gasteiger partial charge on any atom is -0.455 e. The van der Waals surface area contributed by atoms with E-state index < -0.39 is 18.5 Å².